The molecule has 6 heteroatoms. The molecule has 3 rings (SSSR count). The Morgan fingerprint density at radius 1 is 1.16 bits per heavy atom. The molecule has 0 bridgehead atoms. The number of hydrogen-bond acceptors (Lipinski definition) is 6. The van der Waals surface area contributed by atoms with Crippen LogP contribution in [-0.4, -0.2) is 17.1 Å². The van der Waals surface area contributed by atoms with Gasteiger partial charge in [0.15, 0.2) is 4.34 Å². The van der Waals surface area contributed by atoms with E-state index in [-0.39, 0.29) is 0 Å². The Labute approximate surface area is 118 Å². The van der Waals surface area contributed by atoms with Crippen molar-refractivity contribution >= 4 is 39.0 Å². The summed E-state index contributed by atoms with van der Waals surface area (Å²) in [6, 6.07) is 11.7. The van der Waals surface area contributed by atoms with Crippen LogP contribution in [0.4, 0.5) is 5.69 Å². The van der Waals surface area contributed by atoms with E-state index in [1.54, 1.807) is 24.5 Å². The Kier molecular flexibility index (Phi) is 3.27. The van der Waals surface area contributed by atoms with E-state index in [0.717, 1.165) is 14.9 Å². The maximum absolute atomic E-state index is 5.74. The summed E-state index contributed by atoms with van der Waals surface area (Å²) < 4.78 is 7.25. The van der Waals surface area contributed by atoms with Crippen molar-refractivity contribution in [1.29, 1.82) is 0 Å². The number of nitrogens with two attached hydrogens (primary N) is 1. The average molecular weight is 289 g/mol. The van der Waals surface area contributed by atoms with Crippen molar-refractivity contribution in [2.45, 2.75) is 9.37 Å². The van der Waals surface area contributed by atoms with E-state index in [1.165, 1.54) is 16.5 Å². The average Bonchev–Trinajstić information content (AvgIpc) is 2.83. The predicted molar refractivity (Wildman–Crippen MR) is 78.9 cm³/mol. The van der Waals surface area contributed by atoms with Gasteiger partial charge in [-0.15, -0.1) is 11.3 Å². The van der Waals surface area contributed by atoms with Gasteiger partial charge in [0.05, 0.1) is 23.0 Å². The van der Waals surface area contributed by atoms with Crippen LogP contribution in [-0.2, 0) is 0 Å². The van der Waals surface area contributed by atoms with Gasteiger partial charge in [0.2, 0.25) is 5.88 Å². The minimum atomic E-state index is 0.450. The van der Waals surface area contributed by atoms with E-state index in [2.05, 4.69) is 16.0 Å². The molecule has 0 aliphatic rings. The topological polar surface area (TPSA) is 61.0 Å². The Morgan fingerprint density at radius 3 is 2.79 bits per heavy atom. The number of fused-ring (bicyclic) bond motifs is 1. The highest BCUT2D eigenvalue weighted by atomic mass is 32.2. The Hall–Kier alpha value is -1.79. The minimum Gasteiger partial charge on any atom is -0.480 e. The number of aromatic nitrogens is 2. The second kappa shape index (κ2) is 5.07. The fraction of sp³-hybridized carbons (Fsp3) is 0.0769. The van der Waals surface area contributed by atoms with Crippen molar-refractivity contribution in [1.82, 2.24) is 9.97 Å². The fourth-order valence-electron chi connectivity index (χ4n) is 1.64. The van der Waals surface area contributed by atoms with Gasteiger partial charge in [-0.1, -0.05) is 12.1 Å². The van der Waals surface area contributed by atoms with Crippen LogP contribution in [0.3, 0.4) is 0 Å². The standard InChI is InChI=1S/C13H11N3OS2/c1-17-12-8(14)6-7-11(16-12)19-13-15-9-4-2-3-5-10(9)18-13/h2-7H,14H2,1H3. The quantitative estimate of drug-likeness (QED) is 0.800. The number of nitrogens with zero attached hydrogens (tertiary/aromatic N) is 2. The number of ether oxygens (including phenoxy) is 1. The lowest BCUT2D eigenvalue weighted by atomic mass is 10.3. The van der Waals surface area contributed by atoms with E-state index in [9.17, 15) is 0 Å². The Morgan fingerprint density at radius 2 is 2.00 bits per heavy atom. The molecule has 0 unspecified atom stereocenters. The summed E-state index contributed by atoms with van der Waals surface area (Å²) >= 11 is 3.16. The Bertz CT molecular complexity index is 694. The number of benzene rings is 1. The van der Waals surface area contributed by atoms with Gasteiger partial charge in [-0.05, 0) is 36.0 Å². The normalized spacial score (nSPS) is 10.8. The summed E-state index contributed by atoms with van der Waals surface area (Å²) in [6.07, 6.45) is 0. The first-order valence-electron chi connectivity index (χ1n) is 5.60. The molecule has 0 saturated carbocycles. The number of methoxy groups -OCH3 is 1. The molecule has 0 radical (unpaired) electrons. The van der Waals surface area contributed by atoms with E-state index >= 15 is 0 Å². The van der Waals surface area contributed by atoms with E-state index in [0.29, 0.717) is 11.6 Å². The van der Waals surface area contributed by atoms with Gasteiger partial charge >= 0.3 is 0 Å². The van der Waals surface area contributed by atoms with Crippen LogP contribution in [0.2, 0.25) is 0 Å². The molecule has 0 fully saturated rings. The summed E-state index contributed by atoms with van der Waals surface area (Å²) in [5.41, 5.74) is 7.29. The maximum Gasteiger partial charge on any atom is 0.237 e. The summed E-state index contributed by atoms with van der Waals surface area (Å²) in [4.78, 5) is 8.89. The van der Waals surface area contributed by atoms with Gasteiger partial charge in [0.1, 0.15) is 5.03 Å². The number of anilines is 1. The number of para-hydroxylation sites is 1. The molecule has 3 aromatic rings. The van der Waals surface area contributed by atoms with Gasteiger partial charge in [-0.25, -0.2) is 9.97 Å². The van der Waals surface area contributed by atoms with Gasteiger partial charge in [0, 0.05) is 0 Å². The summed E-state index contributed by atoms with van der Waals surface area (Å²) in [6.45, 7) is 0. The number of rotatable bonds is 3. The summed E-state index contributed by atoms with van der Waals surface area (Å²) in [5, 5.41) is 0.824. The number of hydrogen-bond donors (Lipinski definition) is 1. The molecule has 0 saturated heterocycles. The number of thiazole rings is 1. The third kappa shape index (κ3) is 2.50. The van der Waals surface area contributed by atoms with Crippen LogP contribution in [0.5, 0.6) is 5.88 Å². The van der Waals surface area contributed by atoms with Crippen LogP contribution in [0.1, 0.15) is 0 Å². The van der Waals surface area contributed by atoms with Gasteiger partial charge < -0.3 is 10.5 Å². The van der Waals surface area contributed by atoms with E-state index in [1.807, 2.05) is 24.3 Å². The number of nitrogen functional groups attached to an aromatic ring is 1. The molecule has 0 aliphatic heterocycles. The second-order valence-corrected chi connectivity index (χ2v) is 6.10. The van der Waals surface area contributed by atoms with Crippen molar-refractivity contribution in [3.05, 3.63) is 36.4 Å². The van der Waals surface area contributed by atoms with E-state index < -0.39 is 0 Å². The highest BCUT2D eigenvalue weighted by Crippen LogP contribution is 2.34. The molecular weight excluding hydrogens is 278 g/mol. The van der Waals surface area contributed by atoms with Gasteiger partial charge in [0.25, 0.3) is 0 Å². The predicted octanol–water partition coefficient (Wildman–Crippen LogP) is 3.43. The summed E-state index contributed by atoms with van der Waals surface area (Å²) in [7, 11) is 1.56. The van der Waals surface area contributed by atoms with Crippen LogP contribution in [0.15, 0.2) is 45.8 Å². The number of pyridine rings is 1. The highest BCUT2D eigenvalue weighted by molar-refractivity contribution is 8.01. The third-order valence-electron chi connectivity index (χ3n) is 2.52. The van der Waals surface area contributed by atoms with Crippen molar-refractivity contribution in [2.75, 3.05) is 12.8 Å². The lowest BCUT2D eigenvalue weighted by Crippen LogP contribution is -1.95. The minimum absolute atomic E-state index is 0.450. The lowest BCUT2D eigenvalue weighted by Gasteiger charge is -2.04. The van der Waals surface area contributed by atoms with Crippen molar-refractivity contribution in [3.63, 3.8) is 0 Å². The van der Waals surface area contributed by atoms with Gasteiger partial charge in [-0.3, -0.25) is 0 Å². The molecule has 2 heterocycles. The smallest absolute Gasteiger partial charge is 0.237 e. The van der Waals surface area contributed by atoms with Crippen LogP contribution in [0.25, 0.3) is 10.2 Å². The molecule has 1 aromatic carbocycles. The molecule has 0 amide bonds. The molecule has 0 atom stereocenters. The molecule has 0 aliphatic carbocycles. The zero-order chi connectivity index (χ0) is 13.2. The molecule has 0 spiro atoms. The monoisotopic (exact) mass is 289 g/mol. The maximum atomic E-state index is 5.74. The molecule has 2 aromatic heterocycles. The lowest BCUT2D eigenvalue weighted by molar-refractivity contribution is 0.397. The first-order valence-corrected chi connectivity index (χ1v) is 7.23. The Balaban J connectivity index is 1.92. The zero-order valence-electron chi connectivity index (χ0n) is 10.2. The van der Waals surface area contributed by atoms with Crippen LogP contribution in [0, 0.1) is 0 Å². The first-order chi connectivity index (χ1) is 9.26. The molecule has 2 N–H and O–H groups in total. The third-order valence-corrected chi connectivity index (χ3v) is 4.56. The van der Waals surface area contributed by atoms with Crippen LogP contribution < -0.4 is 10.5 Å². The van der Waals surface area contributed by atoms with Crippen molar-refractivity contribution in [2.24, 2.45) is 0 Å². The molecule has 4 nitrogen and oxygen atoms in total. The summed E-state index contributed by atoms with van der Waals surface area (Å²) in [5.74, 6) is 0.450. The zero-order valence-corrected chi connectivity index (χ0v) is 11.8. The molecular formula is C13H11N3OS2. The van der Waals surface area contributed by atoms with Crippen molar-refractivity contribution in [3.8, 4) is 5.88 Å². The van der Waals surface area contributed by atoms with E-state index in [4.69, 9.17) is 10.5 Å². The first kappa shape index (κ1) is 12.3. The molecule has 19 heavy (non-hydrogen) atoms. The SMILES string of the molecule is COc1nc(Sc2nc3ccccc3s2)ccc1N. The van der Waals surface area contributed by atoms with Gasteiger partial charge in [-0.2, -0.15) is 0 Å². The largest absolute Gasteiger partial charge is 0.480 e. The highest BCUT2D eigenvalue weighted by Gasteiger charge is 2.08. The fourth-order valence-corrected chi connectivity index (χ4v) is 3.62. The van der Waals surface area contributed by atoms with Crippen molar-refractivity contribution < 1.29 is 4.74 Å². The second-order valence-electron chi connectivity index (χ2n) is 3.80. The van der Waals surface area contributed by atoms with Crippen LogP contribution >= 0.6 is 23.1 Å². The molecule has 96 valence electrons.